The van der Waals surface area contributed by atoms with Gasteiger partial charge in [0.2, 0.25) is 0 Å². The van der Waals surface area contributed by atoms with Crippen LogP contribution >= 0.6 is 0 Å². The topological polar surface area (TPSA) is 26.0 Å². The van der Waals surface area contributed by atoms with Crippen molar-refractivity contribution >= 4 is 0 Å². The zero-order chi connectivity index (χ0) is 9.82. The van der Waals surface area contributed by atoms with E-state index in [-0.39, 0.29) is 0 Å². The third-order valence-electron chi connectivity index (χ3n) is 1.08. The molecule has 0 rings (SSSR count). The summed E-state index contributed by atoms with van der Waals surface area (Å²) in [4.78, 5) is 0. The monoisotopic (exact) mass is 167 g/mol. The molecule has 0 aromatic carbocycles. The number of nitrogens with two attached hydrogens (primary N) is 1. The van der Waals surface area contributed by atoms with Crippen molar-refractivity contribution in [1.29, 1.82) is 0 Å². The van der Waals surface area contributed by atoms with Crippen LogP contribution in [0.4, 0.5) is 0 Å². The summed E-state index contributed by atoms with van der Waals surface area (Å²) in [6.07, 6.45) is 10.8. The lowest BCUT2D eigenvalue weighted by Crippen LogP contribution is -1.91. The van der Waals surface area contributed by atoms with Gasteiger partial charge in [-0.3, -0.25) is 0 Å². The van der Waals surface area contributed by atoms with E-state index in [9.17, 15) is 0 Å². The van der Waals surface area contributed by atoms with Gasteiger partial charge in [-0.05, 0) is 26.3 Å². The third kappa shape index (κ3) is 11.8. The molecule has 0 atom stereocenters. The van der Waals surface area contributed by atoms with Crippen molar-refractivity contribution in [3.63, 3.8) is 0 Å². The first-order chi connectivity index (χ1) is 5.81. The Kier molecular flexibility index (Phi) is 14.4. The zero-order valence-electron chi connectivity index (χ0n) is 8.67. The van der Waals surface area contributed by atoms with Gasteiger partial charge >= 0.3 is 0 Å². The van der Waals surface area contributed by atoms with Crippen molar-refractivity contribution in [2.75, 3.05) is 0 Å². The van der Waals surface area contributed by atoms with Crippen LogP contribution in [0.1, 0.15) is 34.1 Å². The second-order valence-corrected chi connectivity index (χ2v) is 2.01. The molecular formula is C11H21N. The van der Waals surface area contributed by atoms with Gasteiger partial charge in [0.1, 0.15) is 0 Å². The largest absolute Gasteiger partial charge is 0.399 e. The Morgan fingerprint density at radius 3 is 2.17 bits per heavy atom. The first-order valence-electron chi connectivity index (χ1n) is 4.50. The van der Waals surface area contributed by atoms with Gasteiger partial charge in [-0.25, -0.2) is 0 Å². The highest BCUT2D eigenvalue weighted by Gasteiger charge is 1.76. The van der Waals surface area contributed by atoms with Gasteiger partial charge in [0.05, 0.1) is 0 Å². The predicted molar refractivity (Wildman–Crippen MR) is 57.9 cm³/mol. The van der Waals surface area contributed by atoms with Gasteiger partial charge in [-0.15, -0.1) is 0 Å². The fraction of sp³-hybridized carbons (Fsp3) is 0.455. The Morgan fingerprint density at radius 2 is 1.75 bits per heavy atom. The first-order valence-corrected chi connectivity index (χ1v) is 4.50. The van der Waals surface area contributed by atoms with E-state index in [1.165, 1.54) is 0 Å². The Hall–Kier alpha value is -0.980. The minimum absolute atomic E-state index is 0.834. The minimum Gasteiger partial charge on any atom is -0.399 e. The highest BCUT2D eigenvalue weighted by molar-refractivity contribution is 5.14. The molecule has 0 radical (unpaired) electrons. The molecule has 0 aliphatic rings. The standard InChI is InChI=1S/C9H15N.C2H6/c1-3-5-6-8-9(10)7-4-2;1-2/h3-5,7-8H,6,10H2,1-2H3;1-2H3/b5-3-,7-4-,9-8+;. The predicted octanol–water partition coefficient (Wildman–Crippen LogP) is 3.40. The SMILES string of the molecule is C/C=C\C/C=C(N)\C=C/C.CC. The Labute approximate surface area is 76.7 Å². The van der Waals surface area contributed by atoms with E-state index < -0.39 is 0 Å². The molecule has 0 aromatic heterocycles. The van der Waals surface area contributed by atoms with Crippen molar-refractivity contribution in [2.45, 2.75) is 34.1 Å². The van der Waals surface area contributed by atoms with Crippen LogP contribution in [-0.2, 0) is 0 Å². The zero-order valence-corrected chi connectivity index (χ0v) is 8.67. The molecule has 0 spiro atoms. The third-order valence-corrected chi connectivity index (χ3v) is 1.08. The van der Waals surface area contributed by atoms with Crippen molar-refractivity contribution in [3.05, 3.63) is 36.1 Å². The normalized spacial score (nSPS) is 11.8. The summed E-state index contributed by atoms with van der Waals surface area (Å²) in [6, 6.07) is 0. The lowest BCUT2D eigenvalue weighted by molar-refractivity contribution is 1.29. The van der Waals surface area contributed by atoms with Crippen LogP contribution in [0.15, 0.2) is 36.1 Å². The summed E-state index contributed by atoms with van der Waals surface area (Å²) < 4.78 is 0. The highest BCUT2D eigenvalue weighted by Crippen LogP contribution is 1.91. The maximum Gasteiger partial charge on any atom is 0.0273 e. The number of allylic oxidation sites excluding steroid dienone is 5. The molecule has 0 unspecified atom stereocenters. The second-order valence-electron chi connectivity index (χ2n) is 2.01. The molecule has 0 aliphatic heterocycles. The molecule has 70 valence electrons. The lowest BCUT2D eigenvalue weighted by atomic mass is 10.3. The lowest BCUT2D eigenvalue weighted by Gasteiger charge is -1.88. The summed E-state index contributed by atoms with van der Waals surface area (Å²) in [6.45, 7) is 7.95. The van der Waals surface area contributed by atoms with Crippen LogP contribution in [-0.4, -0.2) is 0 Å². The van der Waals surface area contributed by atoms with Gasteiger partial charge in [0.25, 0.3) is 0 Å². The molecule has 1 nitrogen and oxygen atoms in total. The van der Waals surface area contributed by atoms with E-state index in [2.05, 4.69) is 6.08 Å². The molecule has 0 bridgehead atoms. The maximum atomic E-state index is 5.57. The summed E-state index contributed by atoms with van der Waals surface area (Å²) >= 11 is 0. The van der Waals surface area contributed by atoms with Crippen molar-refractivity contribution in [2.24, 2.45) is 5.73 Å². The van der Waals surface area contributed by atoms with Crippen LogP contribution in [0.5, 0.6) is 0 Å². The quantitative estimate of drug-likeness (QED) is 0.506. The number of rotatable bonds is 3. The van der Waals surface area contributed by atoms with Crippen LogP contribution in [0.3, 0.4) is 0 Å². The number of hydrogen-bond donors (Lipinski definition) is 1. The van der Waals surface area contributed by atoms with Gasteiger partial charge in [0, 0.05) is 5.70 Å². The molecule has 0 aliphatic carbocycles. The van der Waals surface area contributed by atoms with Crippen LogP contribution in [0, 0.1) is 0 Å². The highest BCUT2D eigenvalue weighted by atomic mass is 14.5. The van der Waals surface area contributed by atoms with Crippen LogP contribution in [0.2, 0.25) is 0 Å². The van der Waals surface area contributed by atoms with Crippen LogP contribution in [0.25, 0.3) is 0 Å². The summed E-state index contributed by atoms with van der Waals surface area (Å²) in [5, 5.41) is 0. The van der Waals surface area contributed by atoms with E-state index in [1.807, 2.05) is 52.0 Å². The molecule has 2 N–H and O–H groups in total. The molecule has 0 saturated heterocycles. The average Bonchev–Trinajstić information content (AvgIpc) is 2.09. The Morgan fingerprint density at radius 1 is 1.17 bits per heavy atom. The van der Waals surface area contributed by atoms with E-state index in [1.54, 1.807) is 0 Å². The molecule has 0 fully saturated rings. The summed E-state index contributed by atoms with van der Waals surface area (Å²) in [5.74, 6) is 0. The fourth-order valence-electron chi connectivity index (χ4n) is 0.601. The number of hydrogen-bond acceptors (Lipinski definition) is 1. The molecule has 0 aromatic rings. The second kappa shape index (κ2) is 12.7. The van der Waals surface area contributed by atoms with E-state index in [0.29, 0.717) is 0 Å². The molecule has 12 heavy (non-hydrogen) atoms. The Bertz CT molecular complexity index is 152. The van der Waals surface area contributed by atoms with Gasteiger partial charge in [-0.1, -0.05) is 38.2 Å². The van der Waals surface area contributed by atoms with E-state index in [4.69, 9.17) is 5.73 Å². The molecule has 0 saturated carbocycles. The van der Waals surface area contributed by atoms with Gasteiger partial charge in [-0.2, -0.15) is 0 Å². The van der Waals surface area contributed by atoms with Gasteiger partial charge < -0.3 is 5.73 Å². The fourth-order valence-corrected chi connectivity index (χ4v) is 0.601. The summed E-state index contributed by atoms with van der Waals surface area (Å²) in [7, 11) is 0. The van der Waals surface area contributed by atoms with Crippen molar-refractivity contribution in [3.8, 4) is 0 Å². The minimum atomic E-state index is 0.834. The van der Waals surface area contributed by atoms with Gasteiger partial charge in [0.15, 0.2) is 0 Å². The van der Waals surface area contributed by atoms with E-state index >= 15 is 0 Å². The first kappa shape index (κ1) is 13.6. The van der Waals surface area contributed by atoms with Crippen molar-refractivity contribution in [1.82, 2.24) is 0 Å². The smallest absolute Gasteiger partial charge is 0.0273 e. The molecular weight excluding hydrogens is 146 g/mol. The molecule has 0 amide bonds. The van der Waals surface area contributed by atoms with E-state index in [0.717, 1.165) is 12.1 Å². The maximum absolute atomic E-state index is 5.57. The summed E-state index contributed by atoms with van der Waals surface area (Å²) in [5.41, 5.74) is 6.40. The van der Waals surface area contributed by atoms with Crippen molar-refractivity contribution < 1.29 is 0 Å². The molecule has 1 heteroatoms. The Balaban J connectivity index is 0. The molecule has 0 heterocycles. The average molecular weight is 167 g/mol. The van der Waals surface area contributed by atoms with Crippen LogP contribution < -0.4 is 5.73 Å².